The zero-order chi connectivity index (χ0) is 41.4. The lowest BCUT2D eigenvalue weighted by Gasteiger charge is -2.37. The highest BCUT2D eigenvalue weighted by Gasteiger charge is 2.47. The maximum atomic E-state index is 13.3. The quantitative estimate of drug-likeness (QED) is 0.110. The van der Waals surface area contributed by atoms with E-state index in [1.54, 1.807) is 6.07 Å². The van der Waals surface area contributed by atoms with Crippen LogP contribution in [0.2, 0.25) is 0 Å². The van der Waals surface area contributed by atoms with Crippen LogP contribution in [0.3, 0.4) is 0 Å². The molecule has 2 amide bonds. The first-order valence-electron chi connectivity index (χ1n) is 20.7. The summed E-state index contributed by atoms with van der Waals surface area (Å²) < 4.78 is 20.0. The fourth-order valence-electron chi connectivity index (χ4n) is 7.99. The predicted molar refractivity (Wildman–Crippen MR) is 236 cm³/mol. The monoisotopic (exact) mass is 848 g/mol. The van der Waals surface area contributed by atoms with Gasteiger partial charge in [0, 0.05) is 34.6 Å². The van der Waals surface area contributed by atoms with Gasteiger partial charge in [-0.1, -0.05) is 96.5 Å². The Bertz CT molecular complexity index is 2200. The number of nitrogens with zero attached hydrogens (tertiary/aromatic N) is 1. The van der Waals surface area contributed by atoms with E-state index >= 15 is 0 Å². The molecule has 1 saturated carbocycles. The van der Waals surface area contributed by atoms with Crippen molar-refractivity contribution in [2.75, 3.05) is 19.7 Å². The molecule has 2 fully saturated rings. The Morgan fingerprint density at radius 1 is 0.914 bits per heavy atom. The van der Waals surface area contributed by atoms with Crippen molar-refractivity contribution >= 4 is 38.5 Å². The molecule has 2 aliphatic rings. The largest absolute Gasteiger partial charge is 0.492 e. The van der Waals surface area contributed by atoms with E-state index in [9.17, 15) is 14.0 Å². The Labute approximate surface area is 352 Å². The van der Waals surface area contributed by atoms with E-state index in [2.05, 4.69) is 101 Å². The Kier molecular flexibility index (Phi) is 14.4. The van der Waals surface area contributed by atoms with Crippen LogP contribution in [-0.4, -0.2) is 42.5 Å². The van der Waals surface area contributed by atoms with E-state index in [4.69, 9.17) is 10.5 Å². The highest BCUT2D eigenvalue weighted by Crippen LogP contribution is 2.49. The lowest BCUT2D eigenvalue weighted by atomic mass is 9.88. The minimum Gasteiger partial charge on any atom is -0.492 e. The van der Waals surface area contributed by atoms with Gasteiger partial charge in [-0.3, -0.25) is 14.5 Å². The number of carbonyl (C=O) groups is 2. The predicted octanol–water partition coefficient (Wildman–Crippen LogP) is 10.5. The first-order valence-corrected chi connectivity index (χ1v) is 21.5. The summed E-state index contributed by atoms with van der Waals surface area (Å²) in [6, 6.07) is 33.6. The minimum atomic E-state index is -0.324. The van der Waals surface area contributed by atoms with Crippen LogP contribution in [0.15, 0.2) is 108 Å². The van der Waals surface area contributed by atoms with Crippen molar-refractivity contribution in [3.63, 3.8) is 0 Å². The topological polar surface area (TPSA) is 96.7 Å². The van der Waals surface area contributed by atoms with Crippen LogP contribution in [0, 0.1) is 18.7 Å². The zero-order valence-corrected chi connectivity index (χ0v) is 36.1. The van der Waals surface area contributed by atoms with E-state index in [-0.39, 0.29) is 35.1 Å². The van der Waals surface area contributed by atoms with Gasteiger partial charge in [0.2, 0.25) is 5.91 Å². The number of hydrogen-bond acceptors (Lipinski definition) is 5. The summed E-state index contributed by atoms with van der Waals surface area (Å²) in [5, 5.41) is 8.64. The van der Waals surface area contributed by atoms with Crippen molar-refractivity contribution in [1.29, 1.82) is 0 Å². The van der Waals surface area contributed by atoms with Gasteiger partial charge in [-0.15, -0.1) is 0 Å². The molecule has 1 aliphatic carbocycles. The minimum absolute atomic E-state index is 0.0387. The molecule has 0 radical (unpaired) electrons. The Morgan fingerprint density at radius 3 is 2.31 bits per heavy atom. The third-order valence-electron chi connectivity index (χ3n) is 11.8. The molecule has 5 aromatic carbocycles. The average molecular weight is 850 g/mol. The summed E-state index contributed by atoms with van der Waals surface area (Å²) in [7, 11) is 0. The van der Waals surface area contributed by atoms with Crippen LogP contribution in [0.25, 0.3) is 10.8 Å². The first-order chi connectivity index (χ1) is 27.9. The third kappa shape index (κ3) is 10.7. The fourth-order valence-corrected chi connectivity index (χ4v) is 8.47. The van der Waals surface area contributed by atoms with Gasteiger partial charge >= 0.3 is 0 Å². The van der Waals surface area contributed by atoms with Crippen molar-refractivity contribution in [3.8, 4) is 5.75 Å². The fraction of sp³-hybridized carbons (Fsp3) is 0.388. The molecular formula is C49H58BrFN4O3. The van der Waals surface area contributed by atoms with E-state index in [1.807, 2.05) is 50.2 Å². The number of nitrogens with two attached hydrogens (primary N) is 1. The van der Waals surface area contributed by atoms with Crippen molar-refractivity contribution in [2.45, 2.75) is 96.8 Å². The van der Waals surface area contributed by atoms with E-state index in [1.165, 1.54) is 34.0 Å². The first kappa shape index (κ1) is 43.0. The second kappa shape index (κ2) is 19.5. The number of benzene rings is 5. The molecule has 9 heteroatoms. The smallest absolute Gasteiger partial charge is 0.252 e. The van der Waals surface area contributed by atoms with Crippen molar-refractivity contribution < 1.29 is 18.7 Å². The van der Waals surface area contributed by atoms with Crippen LogP contribution in [-0.2, 0) is 16.9 Å². The number of hydrogen-bond donors (Lipinski definition) is 3. The molecular weight excluding hydrogens is 791 g/mol. The molecule has 3 atom stereocenters. The average Bonchev–Trinajstić information content (AvgIpc) is 4.02. The molecule has 0 spiro atoms. The lowest BCUT2D eigenvalue weighted by Crippen LogP contribution is -2.41. The molecule has 0 bridgehead atoms. The van der Waals surface area contributed by atoms with E-state index in [0.29, 0.717) is 36.4 Å². The lowest BCUT2D eigenvalue weighted by molar-refractivity contribution is -0.126. The highest BCUT2D eigenvalue weighted by molar-refractivity contribution is 9.10. The number of amides is 2. The van der Waals surface area contributed by atoms with Crippen LogP contribution >= 0.6 is 15.9 Å². The number of rotatable bonds is 13. The summed E-state index contributed by atoms with van der Waals surface area (Å²) in [5.41, 5.74) is 11.8. The normalized spacial score (nSPS) is 16.7. The SMILES string of the molecule is CCC(C)c1ccccc1C(C)N1CCC(C(=O)NCc2cccc(F)c2)CC1.Cc1ccc(OCC(C)N)cc1C(=O)NC1(c2cc(Br)cc3ccccc23)CC1. The van der Waals surface area contributed by atoms with Crippen molar-refractivity contribution in [3.05, 3.63) is 147 Å². The summed E-state index contributed by atoms with van der Waals surface area (Å²) in [5.74, 6) is 1.00. The molecule has 7 nitrogen and oxygen atoms in total. The van der Waals surface area contributed by atoms with Crippen molar-refractivity contribution in [2.24, 2.45) is 11.7 Å². The van der Waals surface area contributed by atoms with Crippen LogP contribution in [0.1, 0.15) is 110 Å². The molecule has 4 N–H and O–H groups in total. The molecule has 1 heterocycles. The van der Waals surface area contributed by atoms with Crippen molar-refractivity contribution in [1.82, 2.24) is 15.5 Å². The molecule has 58 heavy (non-hydrogen) atoms. The van der Waals surface area contributed by atoms with Gasteiger partial charge in [0.25, 0.3) is 5.91 Å². The summed E-state index contributed by atoms with van der Waals surface area (Å²) in [6.07, 6.45) is 4.73. The number of fused-ring (bicyclic) bond motifs is 1. The number of piperidine rings is 1. The number of aryl methyl sites for hydroxylation is 1. The molecule has 1 aliphatic heterocycles. The molecule has 0 aromatic heterocycles. The molecule has 3 unspecified atom stereocenters. The maximum Gasteiger partial charge on any atom is 0.252 e. The number of halogens is 2. The number of likely N-dealkylation sites (tertiary alicyclic amines) is 1. The zero-order valence-electron chi connectivity index (χ0n) is 34.5. The van der Waals surface area contributed by atoms with E-state index < -0.39 is 0 Å². The van der Waals surface area contributed by atoms with Crippen LogP contribution in [0.4, 0.5) is 4.39 Å². The molecule has 1 saturated heterocycles. The Hall–Kier alpha value is -4.57. The van der Waals surface area contributed by atoms with Crippen LogP contribution < -0.4 is 21.1 Å². The van der Waals surface area contributed by atoms with Gasteiger partial charge in [-0.05, 0) is 147 Å². The third-order valence-corrected chi connectivity index (χ3v) is 12.3. The summed E-state index contributed by atoms with van der Waals surface area (Å²) in [6.45, 7) is 13.3. The van der Waals surface area contributed by atoms with Gasteiger partial charge in [0.05, 0.1) is 5.54 Å². The summed E-state index contributed by atoms with van der Waals surface area (Å²) in [4.78, 5) is 28.3. The van der Waals surface area contributed by atoms with Crippen LogP contribution in [0.5, 0.6) is 5.75 Å². The van der Waals surface area contributed by atoms with Gasteiger partial charge in [-0.25, -0.2) is 4.39 Å². The van der Waals surface area contributed by atoms with Gasteiger partial charge in [-0.2, -0.15) is 0 Å². The Balaban J connectivity index is 0.000000196. The molecule has 7 rings (SSSR count). The second-order valence-corrected chi connectivity index (χ2v) is 17.2. The molecule has 306 valence electrons. The standard InChI is InChI=1S/C25H33FN2O.C24H25BrN2O2/c1-4-18(2)23-10-5-6-11-24(23)19(3)28-14-12-21(13-15-28)25(29)27-17-20-8-7-9-22(26)16-20;1-15-7-8-19(29-14-16(2)26)13-21(15)23(28)27-24(9-10-24)22-12-18(25)11-17-5-3-4-6-20(17)22/h5-11,16,18-19,21H,4,12-15,17H2,1-3H3,(H,27,29);3-8,11-13,16H,9-10,14,26H2,1-2H3,(H,27,28). The highest BCUT2D eigenvalue weighted by atomic mass is 79.9. The van der Waals surface area contributed by atoms with Gasteiger partial charge in [0.15, 0.2) is 0 Å². The molecule has 5 aromatic rings. The van der Waals surface area contributed by atoms with E-state index in [0.717, 1.165) is 66.4 Å². The van der Waals surface area contributed by atoms with Gasteiger partial charge in [0.1, 0.15) is 18.2 Å². The number of ether oxygens (including phenoxy) is 1. The number of nitrogens with one attached hydrogen (secondary N) is 2. The maximum absolute atomic E-state index is 13.3. The van der Waals surface area contributed by atoms with Gasteiger partial charge < -0.3 is 21.1 Å². The number of carbonyl (C=O) groups excluding carboxylic acids is 2. The summed E-state index contributed by atoms with van der Waals surface area (Å²) >= 11 is 3.63. The Morgan fingerprint density at radius 2 is 1.62 bits per heavy atom. The second-order valence-electron chi connectivity index (χ2n) is 16.2.